The van der Waals surface area contributed by atoms with Crippen LogP contribution in [0.15, 0.2) is 48.5 Å². The van der Waals surface area contributed by atoms with E-state index in [0.717, 1.165) is 41.9 Å². The van der Waals surface area contributed by atoms with Crippen LogP contribution < -0.4 is 10.6 Å². The Hall–Kier alpha value is -2.66. The number of nitrogens with one attached hydrogen (secondary N) is 2. The Bertz CT molecular complexity index is 815. The van der Waals surface area contributed by atoms with Crippen molar-refractivity contribution < 1.29 is 9.59 Å². The van der Waals surface area contributed by atoms with E-state index >= 15 is 0 Å². The number of rotatable bonds is 5. The lowest BCUT2D eigenvalue weighted by atomic mass is 9.95. The zero-order valence-electron chi connectivity index (χ0n) is 16.9. The molecule has 1 saturated heterocycles. The molecule has 1 fully saturated rings. The molecular weight excluding hydrogens is 350 g/mol. The van der Waals surface area contributed by atoms with Crippen molar-refractivity contribution in [2.24, 2.45) is 5.92 Å². The molecule has 1 aliphatic heterocycles. The molecule has 0 radical (unpaired) electrons. The number of carbonyl (C=O) groups excluding carboxylic acids is 2. The van der Waals surface area contributed by atoms with E-state index in [4.69, 9.17) is 0 Å². The lowest BCUT2D eigenvalue weighted by molar-refractivity contribution is -0.125. The molecule has 5 heteroatoms. The zero-order chi connectivity index (χ0) is 20.1. The fourth-order valence-electron chi connectivity index (χ4n) is 3.74. The summed E-state index contributed by atoms with van der Waals surface area (Å²) in [4.78, 5) is 27.6. The monoisotopic (exact) mass is 379 g/mol. The van der Waals surface area contributed by atoms with Crippen LogP contribution in [0, 0.1) is 19.8 Å². The highest BCUT2D eigenvalue weighted by atomic mass is 16.2. The fraction of sp³-hybridized carbons (Fsp3) is 0.391. The molecule has 1 heterocycles. The summed E-state index contributed by atoms with van der Waals surface area (Å²) in [7, 11) is 0. The van der Waals surface area contributed by atoms with Gasteiger partial charge in [-0.2, -0.15) is 0 Å². The van der Waals surface area contributed by atoms with E-state index in [9.17, 15) is 9.59 Å². The van der Waals surface area contributed by atoms with Crippen LogP contribution in [0.25, 0.3) is 0 Å². The molecule has 28 heavy (non-hydrogen) atoms. The Kier molecular flexibility index (Phi) is 6.47. The van der Waals surface area contributed by atoms with Gasteiger partial charge in [-0.05, 0) is 63.4 Å². The second kappa shape index (κ2) is 9.02. The van der Waals surface area contributed by atoms with Crippen LogP contribution in [0.4, 0.5) is 11.4 Å². The molecule has 5 nitrogen and oxygen atoms in total. The lowest BCUT2D eigenvalue weighted by Gasteiger charge is -2.35. The topological polar surface area (TPSA) is 61.4 Å². The standard InChI is InChI=1S/C23H29N3O2/c1-16-9-7-10-17(2)21(16)25-22(27)18(3)26-14-8-11-19(15-26)23(28)24-20-12-5-4-6-13-20/h4-7,9-10,12-13,18-19H,8,11,14-15H2,1-3H3,(H,24,28)(H,25,27). The van der Waals surface area contributed by atoms with Gasteiger partial charge in [0.15, 0.2) is 0 Å². The summed E-state index contributed by atoms with van der Waals surface area (Å²) in [5.41, 5.74) is 3.80. The van der Waals surface area contributed by atoms with Crippen molar-refractivity contribution in [1.82, 2.24) is 4.90 Å². The van der Waals surface area contributed by atoms with Gasteiger partial charge in [-0.25, -0.2) is 0 Å². The molecule has 0 spiro atoms. The van der Waals surface area contributed by atoms with Crippen LogP contribution in [0.5, 0.6) is 0 Å². The minimum Gasteiger partial charge on any atom is -0.326 e. The largest absolute Gasteiger partial charge is 0.326 e. The van der Waals surface area contributed by atoms with Crippen LogP contribution >= 0.6 is 0 Å². The minimum absolute atomic E-state index is 0.0262. The number of hydrogen-bond donors (Lipinski definition) is 2. The van der Waals surface area contributed by atoms with Crippen molar-refractivity contribution >= 4 is 23.2 Å². The zero-order valence-corrected chi connectivity index (χ0v) is 16.9. The number of carbonyl (C=O) groups is 2. The van der Waals surface area contributed by atoms with Crippen molar-refractivity contribution in [1.29, 1.82) is 0 Å². The molecule has 2 atom stereocenters. The maximum atomic E-state index is 12.8. The normalized spacial score (nSPS) is 18.3. The van der Waals surface area contributed by atoms with E-state index in [2.05, 4.69) is 15.5 Å². The Morgan fingerprint density at radius 1 is 1.00 bits per heavy atom. The number of para-hydroxylation sites is 2. The van der Waals surface area contributed by atoms with E-state index in [1.54, 1.807) is 0 Å². The number of amides is 2. The van der Waals surface area contributed by atoms with Crippen LogP contribution in [0.3, 0.4) is 0 Å². The van der Waals surface area contributed by atoms with Gasteiger partial charge in [0.05, 0.1) is 12.0 Å². The molecule has 2 amide bonds. The van der Waals surface area contributed by atoms with Crippen molar-refractivity contribution in [2.45, 2.75) is 39.7 Å². The summed E-state index contributed by atoms with van der Waals surface area (Å²) in [5.74, 6) is -0.107. The van der Waals surface area contributed by atoms with E-state index in [1.165, 1.54) is 0 Å². The first-order valence-electron chi connectivity index (χ1n) is 9.92. The number of aryl methyl sites for hydroxylation is 2. The lowest BCUT2D eigenvalue weighted by Crippen LogP contribution is -2.49. The van der Waals surface area contributed by atoms with Gasteiger partial charge >= 0.3 is 0 Å². The van der Waals surface area contributed by atoms with E-state index < -0.39 is 0 Å². The molecule has 148 valence electrons. The third kappa shape index (κ3) is 4.78. The van der Waals surface area contributed by atoms with Crippen molar-refractivity contribution in [3.63, 3.8) is 0 Å². The molecule has 2 unspecified atom stereocenters. The van der Waals surface area contributed by atoms with E-state index in [1.807, 2.05) is 69.3 Å². The number of nitrogens with zero attached hydrogens (tertiary/aromatic N) is 1. The molecule has 0 aromatic heterocycles. The summed E-state index contributed by atoms with van der Waals surface area (Å²) in [6.45, 7) is 7.34. The van der Waals surface area contributed by atoms with Crippen molar-refractivity contribution in [3.05, 3.63) is 59.7 Å². The van der Waals surface area contributed by atoms with Crippen molar-refractivity contribution in [2.75, 3.05) is 23.7 Å². The van der Waals surface area contributed by atoms with Gasteiger partial charge < -0.3 is 10.6 Å². The molecule has 0 saturated carbocycles. The SMILES string of the molecule is Cc1cccc(C)c1NC(=O)C(C)N1CCCC(C(=O)Nc2ccccc2)C1. The van der Waals surface area contributed by atoms with Crippen LogP contribution in [0.1, 0.15) is 30.9 Å². The highest BCUT2D eigenvalue weighted by Gasteiger charge is 2.31. The number of anilines is 2. The minimum atomic E-state index is -0.286. The van der Waals surface area contributed by atoms with Gasteiger partial charge in [-0.3, -0.25) is 14.5 Å². The smallest absolute Gasteiger partial charge is 0.241 e. The second-order valence-electron chi connectivity index (χ2n) is 7.62. The molecule has 0 aliphatic carbocycles. The first-order valence-corrected chi connectivity index (χ1v) is 9.92. The Morgan fingerprint density at radius 3 is 2.36 bits per heavy atom. The maximum absolute atomic E-state index is 12.8. The van der Waals surface area contributed by atoms with E-state index in [0.29, 0.717) is 6.54 Å². The highest BCUT2D eigenvalue weighted by molar-refractivity contribution is 5.96. The fourth-order valence-corrected chi connectivity index (χ4v) is 3.74. The molecule has 2 aromatic rings. The molecule has 0 bridgehead atoms. The third-order valence-electron chi connectivity index (χ3n) is 5.52. The summed E-state index contributed by atoms with van der Waals surface area (Å²) in [6, 6.07) is 15.2. The van der Waals surface area contributed by atoms with Gasteiger partial charge in [0.25, 0.3) is 0 Å². The Balaban J connectivity index is 1.61. The number of benzene rings is 2. The van der Waals surface area contributed by atoms with Crippen LogP contribution in [-0.4, -0.2) is 35.8 Å². The molecular formula is C23H29N3O2. The van der Waals surface area contributed by atoms with Gasteiger partial charge in [-0.15, -0.1) is 0 Å². The summed E-state index contributed by atoms with van der Waals surface area (Å²) in [5, 5.41) is 6.07. The summed E-state index contributed by atoms with van der Waals surface area (Å²) < 4.78 is 0. The van der Waals surface area contributed by atoms with Crippen LogP contribution in [-0.2, 0) is 9.59 Å². The molecule has 2 aromatic carbocycles. The van der Waals surface area contributed by atoms with Crippen LogP contribution in [0.2, 0.25) is 0 Å². The molecule has 1 aliphatic rings. The number of piperidine rings is 1. The second-order valence-corrected chi connectivity index (χ2v) is 7.62. The Morgan fingerprint density at radius 2 is 1.68 bits per heavy atom. The van der Waals surface area contributed by atoms with Gasteiger partial charge in [0.2, 0.25) is 11.8 Å². The summed E-state index contributed by atoms with van der Waals surface area (Å²) >= 11 is 0. The average Bonchev–Trinajstić information content (AvgIpc) is 2.71. The first-order chi connectivity index (χ1) is 13.5. The number of likely N-dealkylation sites (tertiary alicyclic amines) is 1. The predicted molar refractivity (Wildman–Crippen MR) is 113 cm³/mol. The summed E-state index contributed by atoms with van der Waals surface area (Å²) in [6.07, 6.45) is 1.76. The van der Waals surface area contributed by atoms with Crippen molar-refractivity contribution in [3.8, 4) is 0 Å². The first kappa shape index (κ1) is 20.1. The molecule has 2 N–H and O–H groups in total. The maximum Gasteiger partial charge on any atom is 0.241 e. The molecule has 3 rings (SSSR count). The Labute approximate surface area is 167 Å². The highest BCUT2D eigenvalue weighted by Crippen LogP contribution is 2.23. The van der Waals surface area contributed by atoms with Gasteiger partial charge in [0.1, 0.15) is 0 Å². The van der Waals surface area contributed by atoms with E-state index in [-0.39, 0.29) is 23.8 Å². The average molecular weight is 380 g/mol. The predicted octanol–water partition coefficient (Wildman–Crippen LogP) is 3.98. The quantitative estimate of drug-likeness (QED) is 0.826. The van der Waals surface area contributed by atoms with Gasteiger partial charge in [0, 0.05) is 17.9 Å². The number of hydrogen-bond acceptors (Lipinski definition) is 3. The third-order valence-corrected chi connectivity index (χ3v) is 5.52. The van der Waals surface area contributed by atoms with Gasteiger partial charge in [-0.1, -0.05) is 36.4 Å².